The third-order valence-corrected chi connectivity index (χ3v) is 1.96. The van der Waals surface area contributed by atoms with Gasteiger partial charge in [-0.05, 0) is 13.3 Å². The van der Waals surface area contributed by atoms with Crippen molar-refractivity contribution in [3.05, 3.63) is 0 Å². The average Bonchev–Trinajstić information content (AvgIpc) is 1.96. The molecule has 0 fully saturated rings. The predicted octanol–water partition coefficient (Wildman–Crippen LogP) is 4.10. The summed E-state index contributed by atoms with van der Waals surface area (Å²) >= 11 is 0. The van der Waals surface area contributed by atoms with E-state index < -0.39 is 6.17 Å². The minimum Gasteiger partial charge on any atom is -0.248 e. The summed E-state index contributed by atoms with van der Waals surface area (Å²) in [5.41, 5.74) is 0. The lowest BCUT2D eigenvalue weighted by Crippen LogP contribution is -1.91. The molecule has 0 aromatic carbocycles. The fourth-order valence-corrected chi connectivity index (χ4v) is 1.21. The molecule has 0 aliphatic rings. The third kappa shape index (κ3) is 9.93. The number of alkyl halides is 1. The number of unbranched alkanes of at least 4 members (excludes halogenated alkanes) is 5. The zero-order valence-corrected chi connectivity index (χ0v) is 7.91. The van der Waals surface area contributed by atoms with Gasteiger partial charge >= 0.3 is 0 Å². The standard InChI is InChI=1S/C10H21F/c1-3-4-5-6-7-8-9-10(2)11/h10H,3-9H2,1-2H3. The zero-order valence-electron chi connectivity index (χ0n) is 7.91. The third-order valence-electron chi connectivity index (χ3n) is 1.96. The maximum Gasteiger partial charge on any atom is 0.0973 e. The molecule has 0 aromatic heterocycles. The van der Waals surface area contributed by atoms with Crippen LogP contribution in [0.25, 0.3) is 0 Å². The summed E-state index contributed by atoms with van der Waals surface area (Å²) in [6, 6.07) is 0. The minimum absolute atomic E-state index is 0.596. The second-order valence-corrected chi connectivity index (χ2v) is 3.34. The summed E-state index contributed by atoms with van der Waals surface area (Å²) in [6.45, 7) is 3.86. The molecule has 11 heavy (non-hydrogen) atoms. The van der Waals surface area contributed by atoms with Crippen molar-refractivity contribution in [3.63, 3.8) is 0 Å². The molecule has 0 aliphatic carbocycles. The van der Waals surface area contributed by atoms with Gasteiger partial charge in [-0.2, -0.15) is 0 Å². The topological polar surface area (TPSA) is 0 Å². The van der Waals surface area contributed by atoms with E-state index in [4.69, 9.17) is 0 Å². The summed E-state index contributed by atoms with van der Waals surface area (Å²) in [4.78, 5) is 0. The zero-order chi connectivity index (χ0) is 8.53. The molecule has 0 saturated carbocycles. The molecular formula is C10H21F. The number of halogens is 1. The van der Waals surface area contributed by atoms with Crippen molar-refractivity contribution in [3.8, 4) is 0 Å². The van der Waals surface area contributed by atoms with Gasteiger partial charge in [-0.3, -0.25) is 0 Å². The van der Waals surface area contributed by atoms with Crippen LogP contribution in [0.2, 0.25) is 0 Å². The summed E-state index contributed by atoms with van der Waals surface area (Å²) in [6.07, 6.45) is 7.70. The first-order valence-electron chi connectivity index (χ1n) is 4.91. The van der Waals surface area contributed by atoms with E-state index in [1.165, 1.54) is 32.1 Å². The summed E-state index contributed by atoms with van der Waals surface area (Å²) in [5, 5.41) is 0. The van der Waals surface area contributed by atoms with Gasteiger partial charge in [0.05, 0.1) is 6.17 Å². The molecule has 0 aromatic rings. The Balaban J connectivity index is 2.80. The van der Waals surface area contributed by atoms with Gasteiger partial charge in [0, 0.05) is 0 Å². The second-order valence-electron chi connectivity index (χ2n) is 3.34. The molecule has 0 spiro atoms. The fourth-order valence-electron chi connectivity index (χ4n) is 1.21. The molecule has 1 heteroatoms. The van der Waals surface area contributed by atoms with Gasteiger partial charge in [0.25, 0.3) is 0 Å². The summed E-state index contributed by atoms with van der Waals surface area (Å²) in [7, 11) is 0. The van der Waals surface area contributed by atoms with Gasteiger partial charge in [0.15, 0.2) is 0 Å². The van der Waals surface area contributed by atoms with Crippen LogP contribution in [-0.2, 0) is 0 Å². The van der Waals surface area contributed by atoms with Crippen molar-refractivity contribution in [2.75, 3.05) is 0 Å². The van der Waals surface area contributed by atoms with Gasteiger partial charge in [-0.1, -0.05) is 45.4 Å². The van der Waals surface area contributed by atoms with Crippen LogP contribution in [0.15, 0.2) is 0 Å². The maximum absolute atomic E-state index is 12.3. The normalized spacial score (nSPS) is 13.4. The first-order valence-corrected chi connectivity index (χ1v) is 4.91. The maximum atomic E-state index is 12.3. The Morgan fingerprint density at radius 3 is 2.09 bits per heavy atom. The fraction of sp³-hybridized carbons (Fsp3) is 1.00. The van der Waals surface area contributed by atoms with Crippen LogP contribution >= 0.6 is 0 Å². The highest BCUT2D eigenvalue weighted by Gasteiger charge is 1.96. The molecular weight excluding hydrogens is 139 g/mol. The van der Waals surface area contributed by atoms with Crippen molar-refractivity contribution < 1.29 is 4.39 Å². The lowest BCUT2D eigenvalue weighted by atomic mass is 10.1. The Morgan fingerprint density at radius 1 is 1.00 bits per heavy atom. The van der Waals surface area contributed by atoms with Crippen LogP contribution < -0.4 is 0 Å². The van der Waals surface area contributed by atoms with Crippen LogP contribution in [0.1, 0.15) is 58.8 Å². The quantitative estimate of drug-likeness (QED) is 0.492. The molecule has 0 saturated heterocycles. The van der Waals surface area contributed by atoms with Crippen molar-refractivity contribution >= 4 is 0 Å². The van der Waals surface area contributed by atoms with Crippen LogP contribution in [0.4, 0.5) is 4.39 Å². The van der Waals surface area contributed by atoms with Crippen LogP contribution in [0.3, 0.4) is 0 Å². The Labute approximate surface area is 70.2 Å². The highest BCUT2D eigenvalue weighted by atomic mass is 19.1. The smallest absolute Gasteiger partial charge is 0.0973 e. The molecule has 0 aliphatic heterocycles. The average molecular weight is 160 g/mol. The summed E-state index contributed by atoms with van der Waals surface area (Å²) < 4.78 is 12.3. The Hall–Kier alpha value is -0.0700. The van der Waals surface area contributed by atoms with Crippen molar-refractivity contribution in [1.82, 2.24) is 0 Å². The van der Waals surface area contributed by atoms with Crippen LogP contribution in [0.5, 0.6) is 0 Å². The molecule has 0 bridgehead atoms. The highest BCUT2D eigenvalue weighted by Crippen LogP contribution is 2.09. The van der Waals surface area contributed by atoms with E-state index in [1.807, 2.05) is 0 Å². The van der Waals surface area contributed by atoms with Gasteiger partial charge in [-0.15, -0.1) is 0 Å². The molecule has 1 atom stereocenters. The van der Waals surface area contributed by atoms with Crippen LogP contribution in [-0.4, -0.2) is 6.17 Å². The van der Waals surface area contributed by atoms with Crippen molar-refractivity contribution in [2.45, 2.75) is 65.0 Å². The molecule has 68 valence electrons. The van der Waals surface area contributed by atoms with Gasteiger partial charge in [0.1, 0.15) is 0 Å². The van der Waals surface area contributed by atoms with E-state index in [-0.39, 0.29) is 0 Å². The van der Waals surface area contributed by atoms with E-state index >= 15 is 0 Å². The Morgan fingerprint density at radius 2 is 1.55 bits per heavy atom. The van der Waals surface area contributed by atoms with E-state index in [0.717, 1.165) is 12.8 Å². The van der Waals surface area contributed by atoms with Gasteiger partial charge in [0.2, 0.25) is 0 Å². The molecule has 0 amide bonds. The lowest BCUT2D eigenvalue weighted by Gasteiger charge is -2.01. The van der Waals surface area contributed by atoms with Crippen LogP contribution in [0, 0.1) is 0 Å². The first-order chi connectivity index (χ1) is 5.27. The lowest BCUT2D eigenvalue weighted by molar-refractivity contribution is 0.329. The van der Waals surface area contributed by atoms with E-state index in [0.29, 0.717) is 0 Å². The SMILES string of the molecule is CCCCCCCCC(C)F. The predicted molar refractivity (Wildman–Crippen MR) is 48.6 cm³/mol. The van der Waals surface area contributed by atoms with Crippen molar-refractivity contribution in [1.29, 1.82) is 0 Å². The molecule has 0 radical (unpaired) electrons. The number of hydrogen-bond acceptors (Lipinski definition) is 0. The number of rotatable bonds is 7. The summed E-state index contributed by atoms with van der Waals surface area (Å²) in [5.74, 6) is 0. The Bertz CT molecular complexity index is 69.3. The molecule has 1 unspecified atom stereocenters. The molecule has 0 heterocycles. The van der Waals surface area contributed by atoms with Gasteiger partial charge < -0.3 is 0 Å². The Kier molecular flexibility index (Phi) is 7.98. The second kappa shape index (κ2) is 8.03. The minimum atomic E-state index is -0.596. The van der Waals surface area contributed by atoms with E-state index in [9.17, 15) is 4.39 Å². The van der Waals surface area contributed by atoms with E-state index in [2.05, 4.69) is 6.92 Å². The molecule has 0 rings (SSSR count). The first kappa shape index (κ1) is 10.9. The van der Waals surface area contributed by atoms with E-state index in [1.54, 1.807) is 6.92 Å². The molecule has 0 nitrogen and oxygen atoms in total. The largest absolute Gasteiger partial charge is 0.248 e. The molecule has 0 N–H and O–H groups in total. The number of hydrogen-bond donors (Lipinski definition) is 0. The van der Waals surface area contributed by atoms with Crippen molar-refractivity contribution in [2.24, 2.45) is 0 Å². The van der Waals surface area contributed by atoms with Gasteiger partial charge in [-0.25, -0.2) is 4.39 Å². The monoisotopic (exact) mass is 160 g/mol. The highest BCUT2D eigenvalue weighted by molar-refractivity contribution is 4.49.